The Kier molecular flexibility index (Phi) is 11.5. The van der Waals surface area contributed by atoms with Gasteiger partial charge in [-0.25, -0.2) is 0 Å². The largest absolute Gasteiger partial charge is 0.416 e. The van der Waals surface area contributed by atoms with Gasteiger partial charge in [0.25, 0.3) is 5.91 Å². The number of carbonyl (C=O) groups is 1. The van der Waals surface area contributed by atoms with Crippen molar-refractivity contribution in [1.29, 1.82) is 0 Å². The molecule has 4 aromatic carbocycles. The van der Waals surface area contributed by atoms with Gasteiger partial charge < -0.3 is 19.1 Å². The number of amides is 1. The highest BCUT2D eigenvalue weighted by molar-refractivity contribution is 5.94. The van der Waals surface area contributed by atoms with Crippen LogP contribution in [0.15, 0.2) is 115 Å². The fourth-order valence-electron chi connectivity index (χ4n) is 6.81. The van der Waals surface area contributed by atoms with E-state index in [1.54, 1.807) is 4.90 Å². The molecule has 0 unspecified atom stereocenters. The van der Waals surface area contributed by atoms with Gasteiger partial charge >= 0.3 is 6.18 Å². The van der Waals surface area contributed by atoms with Crippen molar-refractivity contribution in [2.45, 2.75) is 63.7 Å². The molecule has 2 aliphatic heterocycles. The summed E-state index contributed by atoms with van der Waals surface area (Å²) in [7, 11) is 0. The number of ether oxygens (including phenoxy) is 3. The molecule has 6 rings (SSSR count). The summed E-state index contributed by atoms with van der Waals surface area (Å²) < 4.78 is 59.3. The van der Waals surface area contributed by atoms with E-state index in [1.807, 2.05) is 66.7 Å². The van der Waals surface area contributed by atoms with Crippen LogP contribution in [-0.4, -0.2) is 66.2 Å². The van der Waals surface area contributed by atoms with Crippen molar-refractivity contribution in [3.8, 4) is 0 Å². The van der Waals surface area contributed by atoms with Crippen molar-refractivity contribution in [1.82, 2.24) is 9.80 Å². The Balaban J connectivity index is 1.18. The van der Waals surface area contributed by atoms with Crippen molar-refractivity contribution < 1.29 is 32.2 Å². The number of nitrogens with zero attached hydrogens (tertiary/aromatic N) is 2. The number of rotatable bonds is 12. The van der Waals surface area contributed by atoms with E-state index in [-0.39, 0.29) is 41.7 Å². The average Bonchev–Trinajstić information content (AvgIpc) is 3.60. The van der Waals surface area contributed by atoms with Crippen LogP contribution >= 0.6 is 0 Å². The molecule has 0 bridgehead atoms. The molecule has 6 nitrogen and oxygen atoms in total. The molecule has 5 atom stereocenters. The zero-order valence-corrected chi connectivity index (χ0v) is 27.7. The number of carbonyl (C=O) groups excluding carboxylic acids is 1. The fourth-order valence-corrected chi connectivity index (χ4v) is 6.81. The van der Waals surface area contributed by atoms with Gasteiger partial charge in [-0.05, 0) is 60.2 Å². The minimum absolute atomic E-state index is 0.0132. The zero-order chi connectivity index (χ0) is 34.2. The topological polar surface area (TPSA) is 51.2 Å². The number of hydrogen-bond donors (Lipinski definition) is 0. The molecule has 0 spiro atoms. The van der Waals surface area contributed by atoms with E-state index in [0.29, 0.717) is 39.5 Å². The van der Waals surface area contributed by atoms with Gasteiger partial charge in [-0.1, -0.05) is 91.0 Å². The molecule has 2 saturated heterocycles. The van der Waals surface area contributed by atoms with Crippen LogP contribution in [0.4, 0.5) is 13.2 Å². The SMILES string of the molecule is C[C@@H]1[C@@H](OCc2ccccc2)[C@H](OCc2ccccc2)[C@@H](OCc2ccccc2)CN1C[C@H]1CCN(C(=O)c2ccc(C(F)(F)F)cc2)C1. The fraction of sp³-hybridized carbons (Fsp3) is 0.375. The van der Waals surface area contributed by atoms with Gasteiger partial charge in [-0.2, -0.15) is 13.2 Å². The first-order valence-corrected chi connectivity index (χ1v) is 16.9. The maximum absolute atomic E-state index is 13.3. The lowest BCUT2D eigenvalue weighted by Gasteiger charge is -2.48. The summed E-state index contributed by atoms with van der Waals surface area (Å²) in [5, 5.41) is 0. The van der Waals surface area contributed by atoms with Crippen LogP contribution in [0.3, 0.4) is 0 Å². The number of benzene rings is 4. The molecule has 0 aliphatic carbocycles. The molecule has 9 heteroatoms. The number of halogens is 3. The summed E-state index contributed by atoms with van der Waals surface area (Å²) in [6.07, 6.45) is -4.56. The van der Waals surface area contributed by atoms with Gasteiger partial charge in [0.15, 0.2) is 0 Å². The molecule has 49 heavy (non-hydrogen) atoms. The minimum Gasteiger partial charge on any atom is -0.369 e. The van der Waals surface area contributed by atoms with Crippen LogP contribution in [0, 0.1) is 5.92 Å². The first-order chi connectivity index (χ1) is 23.7. The van der Waals surface area contributed by atoms with E-state index in [4.69, 9.17) is 14.2 Å². The molecule has 258 valence electrons. The minimum atomic E-state index is -4.44. The summed E-state index contributed by atoms with van der Waals surface area (Å²) in [6.45, 7) is 5.89. The highest BCUT2D eigenvalue weighted by Crippen LogP contribution is 2.32. The summed E-state index contributed by atoms with van der Waals surface area (Å²) >= 11 is 0. The highest BCUT2D eigenvalue weighted by atomic mass is 19.4. The summed E-state index contributed by atoms with van der Waals surface area (Å²) in [5.74, 6) is -0.0578. The number of piperidine rings is 1. The Hall–Kier alpha value is -4.02. The summed E-state index contributed by atoms with van der Waals surface area (Å²) in [4.78, 5) is 17.4. The molecule has 0 N–H and O–H groups in total. The number of alkyl halides is 3. The van der Waals surface area contributed by atoms with Crippen LogP contribution in [-0.2, 0) is 40.2 Å². The molecule has 2 fully saturated rings. The maximum Gasteiger partial charge on any atom is 0.416 e. The van der Waals surface area contributed by atoms with Crippen molar-refractivity contribution in [3.63, 3.8) is 0 Å². The van der Waals surface area contributed by atoms with Crippen LogP contribution < -0.4 is 0 Å². The van der Waals surface area contributed by atoms with Crippen LogP contribution in [0.25, 0.3) is 0 Å². The molecule has 0 aromatic heterocycles. The molecule has 0 radical (unpaired) electrons. The molecule has 0 saturated carbocycles. The summed E-state index contributed by atoms with van der Waals surface area (Å²) in [5.41, 5.74) is 2.72. The molecular formula is C40H43F3N2O4. The molecule has 4 aromatic rings. The van der Waals surface area contributed by atoms with Crippen LogP contribution in [0.2, 0.25) is 0 Å². The standard InChI is InChI=1S/C40H43F3N2O4/c1-29-37(48-27-31-13-7-3-8-14-31)38(49-28-32-15-9-4-10-16-32)36(47-26-30-11-5-2-6-12-30)25-45(29)24-33-21-22-44(23-33)39(46)34-17-19-35(20-18-34)40(41,42)43/h2-20,29,33,36-38H,21-28H2,1H3/t29-,33+,36+,37-,38-/m1/s1. The van der Waals surface area contributed by atoms with Crippen molar-refractivity contribution in [2.75, 3.05) is 26.2 Å². The third kappa shape index (κ3) is 9.16. The second kappa shape index (κ2) is 16.1. The predicted octanol–water partition coefficient (Wildman–Crippen LogP) is 7.63. The van der Waals surface area contributed by atoms with Crippen molar-refractivity contribution >= 4 is 5.91 Å². The monoisotopic (exact) mass is 672 g/mol. The normalized spacial score (nSPS) is 23.1. The van der Waals surface area contributed by atoms with Crippen LogP contribution in [0.1, 0.15) is 46.0 Å². The van der Waals surface area contributed by atoms with E-state index >= 15 is 0 Å². The maximum atomic E-state index is 13.3. The van der Waals surface area contributed by atoms with E-state index in [2.05, 4.69) is 36.1 Å². The molecule has 1 amide bonds. The smallest absolute Gasteiger partial charge is 0.369 e. The Morgan fingerprint density at radius 2 is 1.20 bits per heavy atom. The van der Waals surface area contributed by atoms with Gasteiger partial charge in [-0.15, -0.1) is 0 Å². The Labute approximate surface area is 286 Å². The quantitative estimate of drug-likeness (QED) is 0.155. The third-order valence-corrected chi connectivity index (χ3v) is 9.56. The van der Waals surface area contributed by atoms with E-state index in [1.165, 1.54) is 12.1 Å². The van der Waals surface area contributed by atoms with E-state index in [9.17, 15) is 18.0 Å². The zero-order valence-electron chi connectivity index (χ0n) is 27.7. The predicted molar refractivity (Wildman–Crippen MR) is 182 cm³/mol. The molecule has 2 heterocycles. The molecular weight excluding hydrogens is 629 g/mol. The first kappa shape index (κ1) is 34.8. The number of likely N-dealkylation sites (tertiary alicyclic amines) is 2. The Morgan fingerprint density at radius 3 is 1.73 bits per heavy atom. The van der Waals surface area contributed by atoms with Crippen molar-refractivity contribution in [3.05, 3.63) is 143 Å². The summed E-state index contributed by atoms with van der Waals surface area (Å²) in [6, 6.07) is 34.7. The van der Waals surface area contributed by atoms with Crippen LogP contribution in [0.5, 0.6) is 0 Å². The Morgan fingerprint density at radius 1 is 0.694 bits per heavy atom. The first-order valence-electron chi connectivity index (χ1n) is 16.9. The molecule has 2 aliphatic rings. The second-order valence-corrected chi connectivity index (χ2v) is 13.0. The van der Waals surface area contributed by atoms with Crippen molar-refractivity contribution in [2.24, 2.45) is 5.92 Å². The average molecular weight is 673 g/mol. The highest BCUT2D eigenvalue weighted by Gasteiger charge is 2.45. The van der Waals surface area contributed by atoms with Gasteiger partial charge in [0.2, 0.25) is 0 Å². The van der Waals surface area contributed by atoms with E-state index < -0.39 is 11.7 Å². The lowest BCUT2D eigenvalue weighted by atomic mass is 9.92. The Bertz CT molecular complexity index is 1610. The third-order valence-electron chi connectivity index (χ3n) is 9.56. The van der Waals surface area contributed by atoms with Gasteiger partial charge in [0.1, 0.15) is 12.2 Å². The van der Waals surface area contributed by atoms with Gasteiger partial charge in [-0.3, -0.25) is 9.69 Å². The number of hydrogen-bond acceptors (Lipinski definition) is 5. The second-order valence-electron chi connectivity index (χ2n) is 13.0. The lowest BCUT2D eigenvalue weighted by Crippen LogP contribution is -2.63. The lowest BCUT2D eigenvalue weighted by molar-refractivity contribution is -0.201. The van der Waals surface area contributed by atoms with Gasteiger partial charge in [0, 0.05) is 37.8 Å². The van der Waals surface area contributed by atoms with E-state index in [0.717, 1.165) is 41.8 Å². The van der Waals surface area contributed by atoms with Gasteiger partial charge in [0.05, 0.1) is 31.5 Å².